The summed E-state index contributed by atoms with van der Waals surface area (Å²) in [6.45, 7) is 1.64. The molecule has 0 radical (unpaired) electrons. The molecule has 0 saturated carbocycles. The summed E-state index contributed by atoms with van der Waals surface area (Å²) in [5.41, 5.74) is 0.792. The van der Waals surface area contributed by atoms with Crippen LogP contribution in [-0.4, -0.2) is 28.4 Å². The maximum absolute atomic E-state index is 14.0. The van der Waals surface area contributed by atoms with Crippen molar-refractivity contribution in [1.82, 2.24) is 10.3 Å². The highest BCUT2D eigenvalue weighted by Crippen LogP contribution is 2.31. The van der Waals surface area contributed by atoms with Gasteiger partial charge in [0.15, 0.2) is 0 Å². The van der Waals surface area contributed by atoms with Crippen LogP contribution in [0.25, 0.3) is 10.9 Å². The van der Waals surface area contributed by atoms with Crippen molar-refractivity contribution in [1.29, 1.82) is 0 Å². The molecule has 4 nitrogen and oxygen atoms in total. The Morgan fingerprint density at radius 1 is 1.16 bits per heavy atom. The number of fused-ring (bicyclic) bond motifs is 1. The number of benzene rings is 2. The highest BCUT2D eigenvalue weighted by Gasteiger charge is 2.19. The molecule has 2 N–H and O–H groups in total. The van der Waals surface area contributed by atoms with Gasteiger partial charge in [0.25, 0.3) is 0 Å². The lowest BCUT2D eigenvalue weighted by atomic mass is 10.2. The van der Waals surface area contributed by atoms with Crippen molar-refractivity contribution in [3.63, 3.8) is 0 Å². The van der Waals surface area contributed by atoms with E-state index < -0.39 is 16.6 Å². The zero-order valence-electron chi connectivity index (χ0n) is 13.6. The highest BCUT2D eigenvalue weighted by molar-refractivity contribution is 7.85. The molecule has 1 saturated heterocycles. The van der Waals surface area contributed by atoms with E-state index in [1.807, 2.05) is 18.2 Å². The van der Waals surface area contributed by atoms with Crippen LogP contribution in [0, 0.1) is 5.82 Å². The predicted octanol–water partition coefficient (Wildman–Crippen LogP) is 3.60. The first-order chi connectivity index (χ1) is 12.2. The van der Waals surface area contributed by atoms with E-state index in [2.05, 4.69) is 10.3 Å². The molecule has 4 rings (SSSR count). The van der Waals surface area contributed by atoms with Crippen LogP contribution in [0.1, 0.15) is 12.8 Å². The standard InChI is InChI=1S/C19H19FN2O2S/c20-15-7-1-2-9-17(15)25(23)18-11-22-19-14(18)6-3-8-16(19)24-12-13-5-4-10-21-13/h1-3,6-9,11,13,21-22H,4-5,10,12H2/t13-,25?/m0/s1. The predicted molar refractivity (Wildman–Crippen MR) is 95.9 cm³/mol. The zero-order chi connectivity index (χ0) is 17.2. The molecule has 6 heteroatoms. The van der Waals surface area contributed by atoms with Gasteiger partial charge in [0.05, 0.1) is 26.1 Å². The third kappa shape index (κ3) is 3.19. The van der Waals surface area contributed by atoms with Crippen LogP contribution in [0.15, 0.2) is 58.5 Å². The number of aromatic nitrogens is 1. The van der Waals surface area contributed by atoms with E-state index in [9.17, 15) is 8.60 Å². The van der Waals surface area contributed by atoms with Gasteiger partial charge in [-0.15, -0.1) is 0 Å². The van der Waals surface area contributed by atoms with Gasteiger partial charge in [-0.3, -0.25) is 0 Å². The lowest BCUT2D eigenvalue weighted by molar-refractivity contribution is 0.280. The minimum Gasteiger partial charge on any atom is -0.490 e. The third-order valence-electron chi connectivity index (χ3n) is 4.48. The van der Waals surface area contributed by atoms with Gasteiger partial charge in [-0.2, -0.15) is 0 Å². The molecule has 0 aliphatic carbocycles. The number of aromatic amines is 1. The summed E-state index contributed by atoms with van der Waals surface area (Å²) >= 11 is 0. The van der Waals surface area contributed by atoms with Gasteiger partial charge < -0.3 is 15.0 Å². The van der Waals surface area contributed by atoms with Crippen LogP contribution in [0.5, 0.6) is 5.75 Å². The molecule has 25 heavy (non-hydrogen) atoms. The summed E-state index contributed by atoms with van der Waals surface area (Å²) in [5, 5.41) is 4.19. The Morgan fingerprint density at radius 2 is 2.04 bits per heavy atom. The molecule has 1 unspecified atom stereocenters. The fourth-order valence-electron chi connectivity index (χ4n) is 3.18. The Labute approximate surface area is 147 Å². The topological polar surface area (TPSA) is 54.1 Å². The number of hydrogen-bond acceptors (Lipinski definition) is 3. The van der Waals surface area contributed by atoms with Crippen LogP contribution in [0.2, 0.25) is 0 Å². The van der Waals surface area contributed by atoms with E-state index in [1.54, 1.807) is 24.4 Å². The molecule has 1 aliphatic heterocycles. The number of halogens is 1. The second kappa shape index (κ2) is 6.98. The number of para-hydroxylation sites is 1. The first-order valence-electron chi connectivity index (χ1n) is 8.36. The second-order valence-corrected chi connectivity index (χ2v) is 7.55. The number of hydrogen-bond donors (Lipinski definition) is 2. The van der Waals surface area contributed by atoms with Gasteiger partial charge in [-0.1, -0.05) is 24.3 Å². The van der Waals surface area contributed by atoms with Crippen molar-refractivity contribution in [2.45, 2.75) is 28.7 Å². The van der Waals surface area contributed by atoms with E-state index in [0.29, 0.717) is 17.5 Å². The summed E-state index contributed by atoms with van der Waals surface area (Å²) in [5.74, 6) is 0.262. The van der Waals surface area contributed by atoms with Gasteiger partial charge in [-0.05, 0) is 37.6 Å². The SMILES string of the molecule is O=S(c1ccccc1F)c1c[nH]c2c(OC[C@@H]3CCCN3)cccc12. The molecule has 130 valence electrons. The fourth-order valence-corrected chi connectivity index (χ4v) is 4.40. The smallest absolute Gasteiger partial charge is 0.143 e. The van der Waals surface area contributed by atoms with Crippen LogP contribution in [-0.2, 0) is 10.8 Å². The van der Waals surface area contributed by atoms with Crippen LogP contribution < -0.4 is 10.1 Å². The Balaban J connectivity index is 1.64. The van der Waals surface area contributed by atoms with Crippen LogP contribution in [0.4, 0.5) is 4.39 Å². The number of rotatable bonds is 5. The van der Waals surface area contributed by atoms with E-state index in [1.165, 1.54) is 12.5 Å². The molecule has 0 amide bonds. The summed E-state index contributed by atoms with van der Waals surface area (Å²) in [4.78, 5) is 3.89. The van der Waals surface area contributed by atoms with E-state index >= 15 is 0 Å². The largest absolute Gasteiger partial charge is 0.490 e. The lowest BCUT2D eigenvalue weighted by Gasteiger charge is -2.12. The van der Waals surface area contributed by atoms with Crippen molar-refractivity contribution in [2.75, 3.05) is 13.2 Å². The van der Waals surface area contributed by atoms with Gasteiger partial charge >= 0.3 is 0 Å². The molecule has 1 aliphatic rings. The average Bonchev–Trinajstić information content (AvgIpc) is 3.29. The summed E-state index contributed by atoms with van der Waals surface area (Å²) in [7, 11) is -1.59. The Hall–Kier alpha value is -2.18. The molecular weight excluding hydrogens is 339 g/mol. The minimum atomic E-state index is -1.59. The summed E-state index contributed by atoms with van der Waals surface area (Å²) in [6.07, 6.45) is 3.96. The molecule has 0 bridgehead atoms. The van der Waals surface area contributed by atoms with E-state index in [-0.39, 0.29) is 4.90 Å². The molecule has 1 fully saturated rings. The van der Waals surface area contributed by atoms with Gasteiger partial charge in [0.1, 0.15) is 18.2 Å². The maximum atomic E-state index is 14.0. The molecular formula is C19H19FN2O2S. The molecule has 2 heterocycles. The Kier molecular flexibility index (Phi) is 4.55. The van der Waals surface area contributed by atoms with Gasteiger partial charge in [0, 0.05) is 17.6 Å². The normalized spacial score (nSPS) is 18.5. The lowest BCUT2D eigenvalue weighted by Crippen LogP contribution is -2.28. The maximum Gasteiger partial charge on any atom is 0.143 e. The number of ether oxygens (including phenoxy) is 1. The van der Waals surface area contributed by atoms with Crippen molar-refractivity contribution >= 4 is 21.7 Å². The van der Waals surface area contributed by atoms with Crippen LogP contribution in [0.3, 0.4) is 0 Å². The fraction of sp³-hybridized carbons (Fsp3) is 0.263. The molecule has 0 spiro atoms. The summed E-state index contributed by atoms with van der Waals surface area (Å²) in [6, 6.07) is 12.2. The average molecular weight is 358 g/mol. The third-order valence-corrected chi connectivity index (χ3v) is 5.95. The van der Waals surface area contributed by atoms with E-state index in [4.69, 9.17) is 4.74 Å². The van der Waals surface area contributed by atoms with Crippen molar-refractivity contribution in [2.24, 2.45) is 0 Å². The minimum absolute atomic E-state index is 0.185. The molecule has 2 aromatic carbocycles. The number of H-pyrrole nitrogens is 1. The quantitative estimate of drug-likeness (QED) is 0.733. The van der Waals surface area contributed by atoms with Crippen molar-refractivity contribution < 1.29 is 13.3 Å². The Bertz CT molecular complexity index is 919. The molecule has 2 atom stereocenters. The van der Waals surface area contributed by atoms with E-state index in [0.717, 1.165) is 29.6 Å². The Morgan fingerprint density at radius 3 is 2.84 bits per heavy atom. The van der Waals surface area contributed by atoms with Crippen LogP contribution >= 0.6 is 0 Å². The molecule has 1 aromatic heterocycles. The van der Waals surface area contributed by atoms with Crippen molar-refractivity contribution in [3.8, 4) is 5.75 Å². The first kappa shape index (κ1) is 16.3. The van der Waals surface area contributed by atoms with Crippen molar-refractivity contribution in [3.05, 3.63) is 54.5 Å². The molecule has 3 aromatic rings. The van der Waals surface area contributed by atoms with Gasteiger partial charge in [0.2, 0.25) is 0 Å². The highest BCUT2D eigenvalue weighted by atomic mass is 32.2. The summed E-state index contributed by atoms with van der Waals surface area (Å²) < 4.78 is 32.7. The monoisotopic (exact) mass is 358 g/mol. The van der Waals surface area contributed by atoms with Gasteiger partial charge in [-0.25, -0.2) is 8.60 Å². The first-order valence-corrected chi connectivity index (χ1v) is 9.51. The number of nitrogens with one attached hydrogen (secondary N) is 2. The zero-order valence-corrected chi connectivity index (χ0v) is 14.4. The second-order valence-electron chi connectivity index (χ2n) is 6.14.